The van der Waals surface area contributed by atoms with Gasteiger partial charge in [-0.1, -0.05) is 30.3 Å². The first kappa shape index (κ1) is 12.0. The molecule has 0 N–H and O–H groups in total. The lowest BCUT2D eigenvalue weighted by Gasteiger charge is -2.26. The number of ether oxygens (including phenoxy) is 1. The van der Waals surface area contributed by atoms with Crippen LogP contribution in [0.2, 0.25) is 0 Å². The van der Waals surface area contributed by atoms with Crippen molar-refractivity contribution in [1.82, 2.24) is 4.90 Å². The number of rotatable bonds is 2. The third-order valence-corrected chi connectivity index (χ3v) is 3.24. The Hall–Kier alpha value is -2.07. The Balaban J connectivity index is 1.89. The summed E-state index contributed by atoms with van der Waals surface area (Å²) in [5.74, 6) is 0.347. The summed E-state index contributed by atoms with van der Waals surface area (Å²) in [7, 11) is 0. The highest BCUT2D eigenvalue weighted by atomic mass is 16.5. The van der Waals surface area contributed by atoms with Crippen molar-refractivity contribution in [2.24, 2.45) is 0 Å². The van der Waals surface area contributed by atoms with Gasteiger partial charge in [-0.25, -0.2) is 0 Å². The van der Waals surface area contributed by atoms with Crippen LogP contribution in [-0.4, -0.2) is 37.1 Å². The Labute approximate surface area is 111 Å². The SMILES string of the molecule is O=C(c1occc1-c1ccccc1)N1CCOCC1. The molecular formula is C15H15NO3. The van der Waals surface area contributed by atoms with Crippen molar-refractivity contribution in [2.45, 2.75) is 0 Å². The largest absolute Gasteiger partial charge is 0.459 e. The molecule has 1 amide bonds. The van der Waals surface area contributed by atoms with Crippen molar-refractivity contribution in [3.05, 3.63) is 48.4 Å². The van der Waals surface area contributed by atoms with Crippen molar-refractivity contribution in [3.8, 4) is 11.1 Å². The van der Waals surface area contributed by atoms with Crippen LogP contribution >= 0.6 is 0 Å². The number of furan rings is 1. The summed E-state index contributed by atoms with van der Waals surface area (Å²) >= 11 is 0. The Bertz CT molecular complexity index is 556. The van der Waals surface area contributed by atoms with Gasteiger partial charge in [-0.05, 0) is 11.6 Å². The smallest absolute Gasteiger partial charge is 0.290 e. The molecule has 2 aromatic rings. The number of carbonyl (C=O) groups excluding carboxylic acids is 1. The normalized spacial score (nSPS) is 15.5. The molecule has 19 heavy (non-hydrogen) atoms. The topological polar surface area (TPSA) is 42.7 Å². The van der Waals surface area contributed by atoms with Gasteiger partial charge in [-0.2, -0.15) is 0 Å². The van der Waals surface area contributed by atoms with Gasteiger partial charge in [0.15, 0.2) is 5.76 Å². The molecule has 2 heterocycles. The molecule has 4 nitrogen and oxygen atoms in total. The summed E-state index contributed by atoms with van der Waals surface area (Å²) in [6.45, 7) is 2.42. The van der Waals surface area contributed by atoms with Crippen LogP contribution in [0, 0.1) is 0 Å². The summed E-state index contributed by atoms with van der Waals surface area (Å²) in [6.07, 6.45) is 1.57. The lowest BCUT2D eigenvalue weighted by molar-refractivity contribution is 0.0283. The summed E-state index contributed by atoms with van der Waals surface area (Å²) < 4.78 is 10.7. The minimum atomic E-state index is -0.0628. The minimum absolute atomic E-state index is 0.0628. The van der Waals surface area contributed by atoms with Gasteiger partial charge in [0.1, 0.15) is 0 Å². The van der Waals surface area contributed by atoms with E-state index in [4.69, 9.17) is 9.15 Å². The molecule has 0 unspecified atom stereocenters. The first-order valence-corrected chi connectivity index (χ1v) is 6.36. The lowest BCUT2D eigenvalue weighted by Crippen LogP contribution is -2.40. The van der Waals surface area contributed by atoms with Gasteiger partial charge in [0.25, 0.3) is 5.91 Å². The predicted molar refractivity (Wildman–Crippen MR) is 70.9 cm³/mol. The predicted octanol–water partition coefficient (Wildman–Crippen LogP) is 2.42. The van der Waals surface area contributed by atoms with E-state index in [1.807, 2.05) is 36.4 Å². The van der Waals surface area contributed by atoms with Crippen LogP contribution in [0.4, 0.5) is 0 Å². The number of carbonyl (C=O) groups is 1. The number of hydrogen-bond donors (Lipinski definition) is 0. The average Bonchev–Trinajstić information content (AvgIpc) is 2.98. The maximum absolute atomic E-state index is 12.4. The lowest BCUT2D eigenvalue weighted by atomic mass is 10.1. The molecule has 0 saturated carbocycles. The zero-order chi connectivity index (χ0) is 13.1. The van der Waals surface area contributed by atoms with Gasteiger partial charge < -0.3 is 14.1 Å². The molecule has 1 aromatic heterocycles. The van der Waals surface area contributed by atoms with Crippen LogP contribution in [0.15, 0.2) is 47.1 Å². The molecule has 1 aliphatic heterocycles. The highest BCUT2D eigenvalue weighted by Crippen LogP contribution is 2.25. The summed E-state index contributed by atoms with van der Waals surface area (Å²) in [5.41, 5.74) is 1.84. The summed E-state index contributed by atoms with van der Waals surface area (Å²) in [6, 6.07) is 11.6. The Morgan fingerprint density at radius 2 is 1.79 bits per heavy atom. The third kappa shape index (κ3) is 2.39. The highest BCUT2D eigenvalue weighted by Gasteiger charge is 2.24. The molecule has 4 heteroatoms. The number of hydrogen-bond acceptors (Lipinski definition) is 3. The molecule has 0 radical (unpaired) electrons. The number of morpholine rings is 1. The fourth-order valence-corrected chi connectivity index (χ4v) is 2.23. The van der Waals surface area contributed by atoms with Crippen molar-refractivity contribution in [2.75, 3.05) is 26.3 Å². The van der Waals surface area contributed by atoms with Crippen LogP contribution in [-0.2, 0) is 4.74 Å². The number of amides is 1. The second-order valence-electron chi connectivity index (χ2n) is 4.43. The van der Waals surface area contributed by atoms with Crippen molar-refractivity contribution < 1.29 is 13.9 Å². The van der Waals surface area contributed by atoms with Crippen molar-refractivity contribution >= 4 is 5.91 Å². The van der Waals surface area contributed by atoms with Crippen LogP contribution in [0.1, 0.15) is 10.6 Å². The van der Waals surface area contributed by atoms with Crippen molar-refractivity contribution in [3.63, 3.8) is 0 Å². The molecular weight excluding hydrogens is 242 g/mol. The van der Waals surface area contributed by atoms with Crippen LogP contribution in [0.25, 0.3) is 11.1 Å². The molecule has 1 aromatic carbocycles. The molecule has 1 saturated heterocycles. The van der Waals surface area contributed by atoms with E-state index < -0.39 is 0 Å². The zero-order valence-corrected chi connectivity index (χ0v) is 10.5. The van der Waals surface area contributed by atoms with Gasteiger partial charge in [0.2, 0.25) is 0 Å². The van der Waals surface area contributed by atoms with E-state index >= 15 is 0 Å². The fourth-order valence-electron chi connectivity index (χ4n) is 2.23. The fraction of sp³-hybridized carbons (Fsp3) is 0.267. The molecule has 0 bridgehead atoms. The first-order valence-electron chi connectivity index (χ1n) is 6.36. The zero-order valence-electron chi connectivity index (χ0n) is 10.5. The first-order chi connectivity index (χ1) is 9.36. The molecule has 1 fully saturated rings. The van der Waals surface area contributed by atoms with Gasteiger partial charge in [-0.15, -0.1) is 0 Å². The van der Waals surface area contributed by atoms with E-state index in [-0.39, 0.29) is 5.91 Å². The van der Waals surface area contributed by atoms with Gasteiger partial charge in [-0.3, -0.25) is 4.79 Å². The van der Waals surface area contributed by atoms with Gasteiger partial charge in [0, 0.05) is 18.7 Å². The molecule has 98 valence electrons. The third-order valence-electron chi connectivity index (χ3n) is 3.24. The van der Waals surface area contributed by atoms with E-state index in [1.165, 1.54) is 0 Å². The van der Waals surface area contributed by atoms with E-state index in [0.717, 1.165) is 11.1 Å². The van der Waals surface area contributed by atoms with Crippen LogP contribution in [0.5, 0.6) is 0 Å². The molecule has 0 atom stereocenters. The second kappa shape index (κ2) is 5.28. The minimum Gasteiger partial charge on any atom is -0.459 e. The Morgan fingerprint density at radius 1 is 1.05 bits per heavy atom. The summed E-state index contributed by atoms with van der Waals surface area (Å²) in [5, 5.41) is 0. The van der Waals surface area contributed by atoms with Gasteiger partial charge in [0.05, 0.1) is 19.5 Å². The van der Waals surface area contributed by atoms with E-state index in [2.05, 4.69) is 0 Å². The molecule has 1 aliphatic rings. The summed E-state index contributed by atoms with van der Waals surface area (Å²) in [4.78, 5) is 14.2. The van der Waals surface area contributed by atoms with Crippen LogP contribution in [0.3, 0.4) is 0 Å². The molecule has 0 spiro atoms. The van der Waals surface area contributed by atoms with E-state index in [1.54, 1.807) is 11.2 Å². The van der Waals surface area contributed by atoms with E-state index in [9.17, 15) is 4.79 Å². The highest BCUT2D eigenvalue weighted by molar-refractivity contribution is 5.98. The quantitative estimate of drug-likeness (QED) is 0.829. The van der Waals surface area contributed by atoms with Gasteiger partial charge >= 0.3 is 0 Å². The maximum Gasteiger partial charge on any atom is 0.290 e. The number of nitrogens with zero attached hydrogens (tertiary/aromatic N) is 1. The molecule has 3 rings (SSSR count). The monoisotopic (exact) mass is 257 g/mol. The molecule has 0 aliphatic carbocycles. The average molecular weight is 257 g/mol. The number of benzene rings is 1. The van der Waals surface area contributed by atoms with Crippen molar-refractivity contribution in [1.29, 1.82) is 0 Å². The Kier molecular flexibility index (Phi) is 3.33. The van der Waals surface area contributed by atoms with E-state index in [0.29, 0.717) is 32.1 Å². The van der Waals surface area contributed by atoms with Crippen LogP contribution < -0.4 is 0 Å². The maximum atomic E-state index is 12.4. The Morgan fingerprint density at radius 3 is 2.53 bits per heavy atom. The standard InChI is InChI=1S/C15H15NO3/c17-15(16-7-10-18-11-8-16)14-13(6-9-19-14)12-4-2-1-3-5-12/h1-6,9H,7-8,10-11H2. The second-order valence-corrected chi connectivity index (χ2v) is 4.43.